The molecule has 116 valence electrons. The minimum Gasteiger partial charge on any atom is -0.489 e. The van der Waals surface area contributed by atoms with Crippen LogP contribution in [0.3, 0.4) is 0 Å². The molecule has 1 heterocycles. The summed E-state index contributed by atoms with van der Waals surface area (Å²) in [6, 6.07) is 12.9. The molecule has 0 saturated heterocycles. The van der Waals surface area contributed by atoms with E-state index in [4.69, 9.17) is 20.8 Å². The number of aryl methyl sites for hydroxylation is 2. The van der Waals surface area contributed by atoms with Crippen molar-refractivity contribution >= 4 is 22.6 Å². The Morgan fingerprint density at radius 2 is 1.91 bits per heavy atom. The first kappa shape index (κ1) is 14.3. The fourth-order valence-electron chi connectivity index (χ4n) is 3.13. The van der Waals surface area contributed by atoms with Crippen molar-refractivity contribution in [2.75, 3.05) is 0 Å². The van der Waals surface area contributed by atoms with Crippen LogP contribution in [-0.4, -0.2) is 0 Å². The average molecular weight is 327 g/mol. The summed E-state index contributed by atoms with van der Waals surface area (Å²) >= 11 is 5.97. The Balaban J connectivity index is 1.72. The molecular weight excluding hydrogens is 312 g/mol. The van der Waals surface area contributed by atoms with E-state index in [-0.39, 0.29) is 5.63 Å². The Morgan fingerprint density at radius 1 is 1.09 bits per heavy atom. The van der Waals surface area contributed by atoms with Crippen molar-refractivity contribution in [2.24, 2.45) is 0 Å². The molecular formula is C19H15ClO3. The molecule has 0 saturated carbocycles. The minimum atomic E-state index is -0.347. The lowest BCUT2D eigenvalue weighted by Gasteiger charge is -2.10. The zero-order valence-electron chi connectivity index (χ0n) is 12.5. The van der Waals surface area contributed by atoms with Crippen LogP contribution in [0.1, 0.15) is 23.1 Å². The molecule has 0 N–H and O–H groups in total. The van der Waals surface area contributed by atoms with Crippen LogP contribution in [0.25, 0.3) is 11.0 Å². The molecule has 1 aromatic heterocycles. The van der Waals surface area contributed by atoms with Gasteiger partial charge in [-0.25, -0.2) is 4.79 Å². The van der Waals surface area contributed by atoms with Gasteiger partial charge in [0.25, 0.3) is 0 Å². The fourth-order valence-corrected chi connectivity index (χ4v) is 3.31. The summed E-state index contributed by atoms with van der Waals surface area (Å²) in [5.41, 5.74) is 3.76. The molecule has 3 aromatic rings. The molecule has 0 atom stereocenters. The Kier molecular flexibility index (Phi) is 3.58. The van der Waals surface area contributed by atoms with E-state index in [1.54, 1.807) is 12.1 Å². The second kappa shape index (κ2) is 5.74. The zero-order chi connectivity index (χ0) is 15.8. The molecule has 0 spiro atoms. The molecule has 0 fully saturated rings. The van der Waals surface area contributed by atoms with E-state index in [9.17, 15) is 4.79 Å². The number of halogens is 1. The third kappa shape index (κ3) is 2.84. The third-order valence-electron chi connectivity index (χ3n) is 4.23. The Morgan fingerprint density at radius 3 is 2.74 bits per heavy atom. The summed E-state index contributed by atoms with van der Waals surface area (Å²) in [5.74, 6) is 0.681. The van der Waals surface area contributed by atoms with Crippen LogP contribution < -0.4 is 10.4 Å². The van der Waals surface area contributed by atoms with Gasteiger partial charge in [-0.3, -0.25) is 0 Å². The largest absolute Gasteiger partial charge is 0.489 e. The normalized spacial score (nSPS) is 13.3. The molecule has 0 radical (unpaired) electrons. The number of ether oxygens (including phenoxy) is 1. The number of hydrogen-bond acceptors (Lipinski definition) is 3. The van der Waals surface area contributed by atoms with E-state index >= 15 is 0 Å². The molecule has 0 aliphatic heterocycles. The van der Waals surface area contributed by atoms with Crippen LogP contribution in [0, 0.1) is 0 Å². The first-order valence-corrected chi connectivity index (χ1v) is 8.04. The lowest BCUT2D eigenvalue weighted by Crippen LogP contribution is -2.04. The van der Waals surface area contributed by atoms with E-state index in [0.717, 1.165) is 30.2 Å². The number of benzene rings is 2. The summed E-state index contributed by atoms with van der Waals surface area (Å²) < 4.78 is 11.2. The van der Waals surface area contributed by atoms with Crippen molar-refractivity contribution in [1.82, 2.24) is 0 Å². The van der Waals surface area contributed by atoms with Gasteiger partial charge >= 0.3 is 5.63 Å². The van der Waals surface area contributed by atoms with Gasteiger partial charge in [-0.1, -0.05) is 17.7 Å². The lowest BCUT2D eigenvalue weighted by atomic mass is 10.0. The highest BCUT2D eigenvalue weighted by Gasteiger charge is 2.15. The van der Waals surface area contributed by atoms with Gasteiger partial charge in [-0.2, -0.15) is 0 Å². The van der Waals surface area contributed by atoms with Crippen molar-refractivity contribution in [3.8, 4) is 5.75 Å². The van der Waals surface area contributed by atoms with E-state index in [2.05, 4.69) is 6.07 Å². The summed E-state index contributed by atoms with van der Waals surface area (Å²) in [7, 11) is 0. The van der Waals surface area contributed by atoms with Crippen molar-refractivity contribution in [1.29, 1.82) is 0 Å². The van der Waals surface area contributed by atoms with Crippen LogP contribution in [0.2, 0.25) is 5.02 Å². The van der Waals surface area contributed by atoms with Crippen molar-refractivity contribution in [3.63, 3.8) is 0 Å². The monoisotopic (exact) mass is 326 g/mol. The van der Waals surface area contributed by atoms with E-state index in [1.807, 2.05) is 18.2 Å². The smallest absolute Gasteiger partial charge is 0.336 e. The number of rotatable bonds is 3. The number of hydrogen-bond donors (Lipinski definition) is 0. The molecule has 4 rings (SSSR count). The van der Waals surface area contributed by atoms with E-state index in [0.29, 0.717) is 23.0 Å². The highest BCUT2D eigenvalue weighted by molar-refractivity contribution is 6.30. The van der Waals surface area contributed by atoms with Gasteiger partial charge in [0.05, 0.1) is 0 Å². The van der Waals surface area contributed by atoms with Crippen molar-refractivity contribution in [3.05, 3.63) is 74.6 Å². The summed E-state index contributed by atoms with van der Waals surface area (Å²) in [6.45, 7) is 0.307. The first-order valence-electron chi connectivity index (χ1n) is 7.66. The van der Waals surface area contributed by atoms with Crippen LogP contribution in [-0.2, 0) is 19.4 Å². The maximum absolute atomic E-state index is 11.8. The molecule has 1 aliphatic rings. The van der Waals surface area contributed by atoms with E-state index in [1.165, 1.54) is 17.2 Å². The maximum atomic E-state index is 11.8. The SMILES string of the molecule is O=c1cc(COc2cccc(Cl)c2)c2cc3c(cc2o1)CCC3. The van der Waals surface area contributed by atoms with Crippen LogP contribution in [0.4, 0.5) is 0 Å². The fraction of sp³-hybridized carbons (Fsp3) is 0.211. The predicted molar refractivity (Wildman–Crippen MR) is 90.3 cm³/mol. The molecule has 0 bridgehead atoms. The topological polar surface area (TPSA) is 39.4 Å². The molecule has 0 unspecified atom stereocenters. The third-order valence-corrected chi connectivity index (χ3v) is 4.47. The van der Waals surface area contributed by atoms with Gasteiger partial charge in [-0.05, 0) is 60.7 Å². The molecule has 3 nitrogen and oxygen atoms in total. The van der Waals surface area contributed by atoms with Gasteiger partial charge in [0.15, 0.2) is 0 Å². The first-order chi connectivity index (χ1) is 11.2. The van der Waals surface area contributed by atoms with Crippen LogP contribution in [0.5, 0.6) is 5.75 Å². The Hall–Kier alpha value is -2.26. The van der Waals surface area contributed by atoms with Crippen LogP contribution >= 0.6 is 11.6 Å². The second-order valence-corrected chi connectivity index (χ2v) is 6.24. The molecule has 2 aromatic carbocycles. The van der Waals surface area contributed by atoms with Gasteiger partial charge in [0.1, 0.15) is 17.9 Å². The Labute approximate surface area is 138 Å². The minimum absolute atomic E-state index is 0.307. The van der Waals surface area contributed by atoms with Gasteiger partial charge in [-0.15, -0.1) is 0 Å². The highest BCUT2D eigenvalue weighted by atomic mass is 35.5. The molecule has 4 heteroatoms. The maximum Gasteiger partial charge on any atom is 0.336 e. The predicted octanol–water partition coefficient (Wildman–Crippen LogP) is 4.51. The Bertz CT molecular complexity index is 943. The molecule has 0 amide bonds. The van der Waals surface area contributed by atoms with Gasteiger partial charge in [0.2, 0.25) is 0 Å². The van der Waals surface area contributed by atoms with Crippen molar-refractivity contribution in [2.45, 2.75) is 25.9 Å². The van der Waals surface area contributed by atoms with Crippen molar-refractivity contribution < 1.29 is 9.15 Å². The standard InChI is InChI=1S/C19H15ClO3/c20-15-5-2-6-16(10-15)22-11-14-9-19(21)23-18-8-13-4-1-3-12(13)7-17(14)18/h2,5-10H,1,3-4,11H2. The zero-order valence-corrected chi connectivity index (χ0v) is 13.2. The van der Waals surface area contributed by atoms with Crippen LogP contribution in [0.15, 0.2) is 51.7 Å². The lowest BCUT2D eigenvalue weighted by molar-refractivity contribution is 0.306. The summed E-state index contributed by atoms with van der Waals surface area (Å²) in [6.07, 6.45) is 3.29. The average Bonchev–Trinajstić information content (AvgIpc) is 2.98. The summed E-state index contributed by atoms with van der Waals surface area (Å²) in [4.78, 5) is 11.8. The van der Waals surface area contributed by atoms with E-state index < -0.39 is 0 Å². The quantitative estimate of drug-likeness (QED) is 0.665. The highest BCUT2D eigenvalue weighted by Crippen LogP contribution is 2.29. The molecule has 23 heavy (non-hydrogen) atoms. The van der Waals surface area contributed by atoms with Gasteiger partial charge in [0, 0.05) is 22.0 Å². The van der Waals surface area contributed by atoms with Gasteiger partial charge < -0.3 is 9.15 Å². The number of fused-ring (bicyclic) bond motifs is 2. The second-order valence-electron chi connectivity index (χ2n) is 5.81. The summed E-state index contributed by atoms with van der Waals surface area (Å²) in [5, 5.41) is 1.57. The molecule has 1 aliphatic carbocycles.